The fourth-order valence-corrected chi connectivity index (χ4v) is 2.45. The molecule has 0 aromatic heterocycles. The van der Waals surface area contributed by atoms with E-state index in [-0.39, 0.29) is 12.4 Å². The zero-order chi connectivity index (χ0) is 21.3. The summed E-state index contributed by atoms with van der Waals surface area (Å²) in [6.45, 7) is 5.66. The van der Waals surface area contributed by atoms with Crippen LogP contribution in [0.4, 0.5) is 9.59 Å². The van der Waals surface area contributed by atoms with E-state index in [2.05, 4.69) is 5.32 Å². The van der Waals surface area contributed by atoms with Gasteiger partial charge in [0.1, 0.15) is 18.3 Å². The molecule has 0 radical (unpaired) electrons. The van der Waals surface area contributed by atoms with Crippen LogP contribution >= 0.6 is 0 Å². The second kappa shape index (κ2) is 10.6. The van der Waals surface area contributed by atoms with E-state index in [1.807, 2.05) is 30.3 Å². The second-order valence-electron chi connectivity index (χ2n) is 7.47. The zero-order valence-corrected chi connectivity index (χ0v) is 16.9. The van der Waals surface area contributed by atoms with Gasteiger partial charge in [-0.1, -0.05) is 30.3 Å². The van der Waals surface area contributed by atoms with E-state index in [1.54, 1.807) is 20.8 Å². The Kier molecular flexibility index (Phi) is 8.21. The third kappa shape index (κ3) is 8.78. The third-order valence-corrected chi connectivity index (χ3v) is 3.76. The van der Waals surface area contributed by atoms with Crippen molar-refractivity contribution in [1.82, 2.24) is 5.32 Å². The average Bonchev–Trinajstić information content (AvgIpc) is 2.65. The van der Waals surface area contributed by atoms with Crippen LogP contribution < -0.4 is 5.32 Å². The minimum Gasteiger partial charge on any atom is -0.445 e. The van der Waals surface area contributed by atoms with Gasteiger partial charge >= 0.3 is 12.2 Å². The smallest absolute Gasteiger partial charge is 0.445 e. The lowest BCUT2D eigenvalue weighted by molar-refractivity contribution is -0.158. The van der Waals surface area contributed by atoms with Gasteiger partial charge in [-0.05, 0) is 51.3 Å². The molecule has 1 aromatic rings. The number of hydrogen-bond acceptors (Lipinski definition) is 7. The van der Waals surface area contributed by atoms with E-state index in [0.29, 0.717) is 19.4 Å². The Bertz CT molecular complexity index is 724. The molecule has 2 rings (SSSR count). The van der Waals surface area contributed by atoms with Crippen LogP contribution in [0, 0.1) is 0 Å². The molecule has 0 aliphatic carbocycles. The highest BCUT2D eigenvalue weighted by Crippen LogP contribution is 2.17. The first kappa shape index (κ1) is 22.4. The highest BCUT2D eigenvalue weighted by molar-refractivity contribution is 5.94. The van der Waals surface area contributed by atoms with E-state index >= 15 is 0 Å². The quantitative estimate of drug-likeness (QED) is 0.547. The Morgan fingerprint density at radius 1 is 1.17 bits per heavy atom. The third-order valence-electron chi connectivity index (χ3n) is 3.76. The summed E-state index contributed by atoms with van der Waals surface area (Å²) in [7, 11) is 0. The van der Waals surface area contributed by atoms with E-state index in [1.165, 1.54) is 12.2 Å². The number of benzene rings is 1. The van der Waals surface area contributed by atoms with Crippen LogP contribution in [0.3, 0.4) is 0 Å². The number of hydrogen-bond donors (Lipinski definition) is 1. The fourth-order valence-electron chi connectivity index (χ4n) is 2.45. The zero-order valence-electron chi connectivity index (χ0n) is 16.9. The Morgan fingerprint density at radius 2 is 1.90 bits per heavy atom. The van der Waals surface area contributed by atoms with Crippen LogP contribution in [0.1, 0.15) is 39.2 Å². The molecular weight excluding hydrogens is 378 g/mol. The molecule has 1 amide bonds. The maximum absolute atomic E-state index is 11.9. The summed E-state index contributed by atoms with van der Waals surface area (Å²) in [5.41, 5.74) is 0.206. The number of amides is 1. The van der Waals surface area contributed by atoms with Gasteiger partial charge in [0.15, 0.2) is 5.78 Å². The van der Waals surface area contributed by atoms with Crippen molar-refractivity contribution in [3.05, 3.63) is 48.0 Å². The predicted molar refractivity (Wildman–Crippen MR) is 104 cm³/mol. The van der Waals surface area contributed by atoms with Crippen molar-refractivity contribution < 1.29 is 33.3 Å². The SMILES string of the molecule is CC(C)(C)OC(=O)O[C@@H]1C=CC(=O)[C@@H](CCCNC(=O)OCc2ccccc2)O1. The number of carbonyl (C=O) groups is 3. The highest BCUT2D eigenvalue weighted by Gasteiger charge is 2.28. The molecule has 8 heteroatoms. The number of carbonyl (C=O) groups excluding carboxylic acids is 3. The molecule has 0 unspecified atom stereocenters. The van der Waals surface area contributed by atoms with Crippen molar-refractivity contribution in [2.45, 2.75) is 58.2 Å². The predicted octanol–water partition coefficient (Wildman–Crippen LogP) is 3.49. The van der Waals surface area contributed by atoms with Gasteiger partial charge in [0.2, 0.25) is 6.29 Å². The van der Waals surface area contributed by atoms with Gasteiger partial charge in [0, 0.05) is 6.54 Å². The summed E-state index contributed by atoms with van der Waals surface area (Å²) in [6.07, 6.45) is 0.386. The van der Waals surface area contributed by atoms with Crippen molar-refractivity contribution in [1.29, 1.82) is 0 Å². The maximum atomic E-state index is 11.9. The lowest BCUT2D eigenvalue weighted by Gasteiger charge is -2.26. The van der Waals surface area contributed by atoms with Gasteiger partial charge in [0.05, 0.1) is 0 Å². The number of alkyl carbamates (subject to hydrolysis) is 1. The average molecular weight is 405 g/mol. The first-order valence-corrected chi connectivity index (χ1v) is 9.44. The molecule has 0 saturated heterocycles. The van der Waals surface area contributed by atoms with E-state index in [9.17, 15) is 14.4 Å². The summed E-state index contributed by atoms with van der Waals surface area (Å²) in [5.74, 6) is -0.222. The lowest BCUT2D eigenvalue weighted by atomic mass is 10.1. The molecule has 1 aliphatic heterocycles. The van der Waals surface area contributed by atoms with Crippen molar-refractivity contribution in [2.24, 2.45) is 0 Å². The summed E-state index contributed by atoms with van der Waals surface area (Å²) >= 11 is 0. The molecule has 0 bridgehead atoms. The Hall–Kier alpha value is -2.87. The molecule has 1 heterocycles. The van der Waals surface area contributed by atoms with Crippen LogP contribution in [-0.4, -0.2) is 42.6 Å². The Balaban J connectivity index is 1.66. The normalized spacial score (nSPS) is 18.8. The van der Waals surface area contributed by atoms with Gasteiger partial charge in [0.25, 0.3) is 0 Å². The number of ketones is 1. The van der Waals surface area contributed by atoms with Crippen LogP contribution in [0.15, 0.2) is 42.5 Å². The van der Waals surface area contributed by atoms with Crippen LogP contribution in [-0.2, 0) is 30.3 Å². The minimum absolute atomic E-state index is 0.186. The second-order valence-corrected chi connectivity index (χ2v) is 7.47. The number of ether oxygens (including phenoxy) is 4. The molecule has 0 spiro atoms. The largest absolute Gasteiger partial charge is 0.511 e. The molecular formula is C21H27NO7. The van der Waals surface area contributed by atoms with Gasteiger partial charge in [-0.2, -0.15) is 0 Å². The molecule has 0 saturated carbocycles. The van der Waals surface area contributed by atoms with Gasteiger partial charge < -0.3 is 24.3 Å². The molecule has 1 aliphatic rings. The molecule has 1 aromatic carbocycles. The summed E-state index contributed by atoms with van der Waals surface area (Å²) < 4.78 is 20.7. The summed E-state index contributed by atoms with van der Waals surface area (Å²) in [6, 6.07) is 9.35. The maximum Gasteiger partial charge on any atom is 0.511 e. The standard InChI is InChI=1S/C21H27NO7/c1-21(2,3)29-20(25)28-18-12-11-16(23)17(27-18)10-7-13-22-19(24)26-14-15-8-5-4-6-9-15/h4-6,8-9,11-12,17-18H,7,10,13-14H2,1-3H3,(H,22,24)/t17-,18-/m1/s1. The van der Waals surface area contributed by atoms with Crippen molar-refractivity contribution >= 4 is 18.0 Å². The van der Waals surface area contributed by atoms with Crippen LogP contribution in [0.2, 0.25) is 0 Å². The molecule has 2 atom stereocenters. The molecule has 29 heavy (non-hydrogen) atoms. The van der Waals surface area contributed by atoms with E-state index in [4.69, 9.17) is 18.9 Å². The van der Waals surface area contributed by atoms with Crippen LogP contribution in [0.5, 0.6) is 0 Å². The summed E-state index contributed by atoms with van der Waals surface area (Å²) in [5, 5.41) is 2.63. The Morgan fingerprint density at radius 3 is 2.59 bits per heavy atom. The number of nitrogens with one attached hydrogen (secondary N) is 1. The minimum atomic E-state index is -0.989. The van der Waals surface area contributed by atoms with E-state index < -0.39 is 30.2 Å². The Labute approximate surface area is 170 Å². The molecule has 8 nitrogen and oxygen atoms in total. The van der Waals surface area contributed by atoms with Gasteiger partial charge in [-0.3, -0.25) is 4.79 Å². The van der Waals surface area contributed by atoms with Crippen molar-refractivity contribution in [3.8, 4) is 0 Å². The first-order chi connectivity index (χ1) is 13.7. The van der Waals surface area contributed by atoms with Crippen molar-refractivity contribution in [2.75, 3.05) is 6.54 Å². The fraction of sp³-hybridized carbons (Fsp3) is 0.476. The van der Waals surface area contributed by atoms with Crippen LogP contribution in [0.25, 0.3) is 0 Å². The topological polar surface area (TPSA) is 100 Å². The van der Waals surface area contributed by atoms with Crippen molar-refractivity contribution in [3.63, 3.8) is 0 Å². The molecule has 1 N–H and O–H groups in total. The van der Waals surface area contributed by atoms with Gasteiger partial charge in [-0.25, -0.2) is 9.59 Å². The molecule has 0 fully saturated rings. The first-order valence-electron chi connectivity index (χ1n) is 9.44. The lowest BCUT2D eigenvalue weighted by Crippen LogP contribution is -2.36. The van der Waals surface area contributed by atoms with E-state index in [0.717, 1.165) is 5.56 Å². The highest BCUT2D eigenvalue weighted by atomic mass is 16.8. The molecule has 158 valence electrons. The monoisotopic (exact) mass is 405 g/mol. The van der Waals surface area contributed by atoms with Gasteiger partial charge in [-0.15, -0.1) is 0 Å². The number of rotatable bonds is 7. The summed E-state index contributed by atoms with van der Waals surface area (Å²) in [4.78, 5) is 35.4.